The fourth-order valence-corrected chi connectivity index (χ4v) is 3.50. The molecular formula is C8H14ClFO2S. The monoisotopic (exact) mass is 228 g/mol. The van der Waals surface area contributed by atoms with E-state index in [1.165, 1.54) is 0 Å². The SMILES string of the molecule is CC1CCCC(F)(CS(=O)(=O)Cl)C1. The fourth-order valence-electron chi connectivity index (χ4n) is 2.04. The van der Waals surface area contributed by atoms with Gasteiger partial charge in [-0.2, -0.15) is 0 Å². The lowest BCUT2D eigenvalue weighted by molar-refractivity contribution is 0.104. The first kappa shape index (κ1) is 11.2. The summed E-state index contributed by atoms with van der Waals surface area (Å²) in [7, 11) is 1.33. The second kappa shape index (κ2) is 3.73. The molecule has 2 atom stereocenters. The summed E-state index contributed by atoms with van der Waals surface area (Å²) in [6.45, 7) is 1.94. The van der Waals surface area contributed by atoms with Gasteiger partial charge in [0.05, 0.1) is 5.75 Å². The predicted molar refractivity (Wildman–Crippen MR) is 51.1 cm³/mol. The van der Waals surface area contributed by atoms with Crippen LogP contribution in [-0.4, -0.2) is 19.8 Å². The van der Waals surface area contributed by atoms with Crippen molar-refractivity contribution in [2.24, 2.45) is 5.92 Å². The first-order valence-electron chi connectivity index (χ1n) is 4.42. The van der Waals surface area contributed by atoms with Gasteiger partial charge in [0.2, 0.25) is 9.05 Å². The van der Waals surface area contributed by atoms with Crippen molar-refractivity contribution in [3.63, 3.8) is 0 Å². The van der Waals surface area contributed by atoms with E-state index in [0.717, 1.165) is 12.8 Å². The van der Waals surface area contributed by atoms with Gasteiger partial charge in [-0.3, -0.25) is 0 Å². The molecule has 5 heteroatoms. The van der Waals surface area contributed by atoms with E-state index in [1.54, 1.807) is 0 Å². The largest absolute Gasteiger partial charge is 0.243 e. The van der Waals surface area contributed by atoms with Gasteiger partial charge in [-0.25, -0.2) is 12.8 Å². The molecule has 0 heterocycles. The predicted octanol–water partition coefficient (Wildman–Crippen LogP) is 2.47. The maximum atomic E-state index is 13.9. The Labute approximate surface area is 82.9 Å². The Bertz CT molecular complexity index is 278. The summed E-state index contributed by atoms with van der Waals surface area (Å²) in [6.07, 6.45) is 2.38. The van der Waals surface area contributed by atoms with E-state index < -0.39 is 20.5 Å². The Hall–Kier alpha value is 0.170. The number of rotatable bonds is 2. The van der Waals surface area contributed by atoms with Crippen LogP contribution in [0.3, 0.4) is 0 Å². The third-order valence-electron chi connectivity index (χ3n) is 2.47. The van der Waals surface area contributed by atoms with Gasteiger partial charge in [0.1, 0.15) is 5.67 Å². The third kappa shape index (κ3) is 3.81. The molecule has 78 valence electrons. The highest BCUT2D eigenvalue weighted by atomic mass is 35.7. The highest BCUT2D eigenvalue weighted by molar-refractivity contribution is 8.13. The molecule has 1 fully saturated rings. The number of halogens is 2. The first-order valence-corrected chi connectivity index (χ1v) is 6.90. The molecule has 1 aliphatic rings. The zero-order valence-corrected chi connectivity index (χ0v) is 9.17. The van der Waals surface area contributed by atoms with Crippen LogP contribution in [0.15, 0.2) is 0 Å². The average Bonchev–Trinajstić information content (AvgIpc) is 1.79. The molecule has 2 unspecified atom stereocenters. The molecule has 0 radical (unpaired) electrons. The summed E-state index contributed by atoms with van der Waals surface area (Å²) in [5.41, 5.74) is -1.59. The molecule has 1 saturated carbocycles. The fraction of sp³-hybridized carbons (Fsp3) is 1.00. The van der Waals surface area contributed by atoms with Gasteiger partial charge in [0.15, 0.2) is 0 Å². The van der Waals surface area contributed by atoms with E-state index in [2.05, 4.69) is 0 Å². The quantitative estimate of drug-likeness (QED) is 0.681. The van der Waals surface area contributed by atoms with Gasteiger partial charge in [0.25, 0.3) is 0 Å². The summed E-state index contributed by atoms with van der Waals surface area (Å²) in [6, 6.07) is 0. The van der Waals surface area contributed by atoms with Crippen molar-refractivity contribution in [2.75, 3.05) is 5.75 Å². The summed E-state index contributed by atoms with van der Waals surface area (Å²) in [4.78, 5) is 0. The second-order valence-electron chi connectivity index (χ2n) is 4.04. The van der Waals surface area contributed by atoms with Crippen LogP contribution in [0.25, 0.3) is 0 Å². The van der Waals surface area contributed by atoms with Crippen molar-refractivity contribution < 1.29 is 12.8 Å². The molecule has 2 nitrogen and oxygen atoms in total. The van der Waals surface area contributed by atoms with E-state index in [1.807, 2.05) is 6.92 Å². The topological polar surface area (TPSA) is 34.1 Å². The van der Waals surface area contributed by atoms with Gasteiger partial charge in [-0.05, 0) is 25.2 Å². The highest BCUT2D eigenvalue weighted by Gasteiger charge is 2.38. The number of hydrogen-bond donors (Lipinski definition) is 0. The zero-order chi connectivity index (χ0) is 10.1. The van der Waals surface area contributed by atoms with Crippen molar-refractivity contribution in [2.45, 2.75) is 38.3 Å². The smallest absolute Gasteiger partial charge is 0.235 e. The first-order chi connectivity index (χ1) is 5.81. The summed E-state index contributed by atoms with van der Waals surface area (Å²) < 4.78 is 35.3. The third-order valence-corrected chi connectivity index (χ3v) is 3.66. The average molecular weight is 229 g/mol. The van der Waals surface area contributed by atoms with E-state index in [9.17, 15) is 12.8 Å². The minimum Gasteiger partial charge on any atom is -0.243 e. The van der Waals surface area contributed by atoms with Crippen LogP contribution in [0.1, 0.15) is 32.6 Å². The molecule has 0 spiro atoms. The lowest BCUT2D eigenvalue weighted by atomic mass is 9.81. The van der Waals surface area contributed by atoms with E-state index in [-0.39, 0.29) is 5.92 Å². The lowest BCUT2D eigenvalue weighted by Gasteiger charge is -2.31. The maximum Gasteiger partial charge on any atom is 0.235 e. The van der Waals surface area contributed by atoms with Crippen LogP contribution in [0.5, 0.6) is 0 Å². The molecule has 1 aliphatic carbocycles. The molecule has 1 rings (SSSR count). The highest BCUT2D eigenvalue weighted by Crippen LogP contribution is 2.36. The van der Waals surface area contributed by atoms with Crippen LogP contribution >= 0.6 is 10.7 Å². The molecule has 0 bridgehead atoms. The van der Waals surface area contributed by atoms with E-state index in [0.29, 0.717) is 12.8 Å². The minimum absolute atomic E-state index is 0.261. The van der Waals surface area contributed by atoms with E-state index >= 15 is 0 Å². The molecule has 0 aromatic carbocycles. The maximum absolute atomic E-state index is 13.9. The molecular weight excluding hydrogens is 215 g/mol. The van der Waals surface area contributed by atoms with Crippen molar-refractivity contribution in [3.05, 3.63) is 0 Å². The van der Waals surface area contributed by atoms with Crippen molar-refractivity contribution in [3.8, 4) is 0 Å². The van der Waals surface area contributed by atoms with Crippen LogP contribution in [0.2, 0.25) is 0 Å². The Morgan fingerprint density at radius 3 is 2.69 bits per heavy atom. The van der Waals surface area contributed by atoms with Crippen LogP contribution in [-0.2, 0) is 9.05 Å². The van der Waals surface area contributed by atoms with Gasteiger partial charge in [-0.15, -0.1) is 0 Å². The van der Waals surface area contributed by atoms with Gasteiger partial charge in [-0.1, -0.05) is 13.3 Å². The van der Waals surface area contributed by atoms with Crippen molar-refractivity contribution in [1.29, 1.82) is 0 Å². The van der Waals surface area contributed by atoms with Crippen LogP contribution in [0, 0.1) is 5.92 Å². The Morgan fingerprint density at radius 1 is 1.62 bits per heavy atom. The van der Waals surface area contributed by atoms with Crippen molar-refractivity contribution >= 4 is 19.7 Å². The number of alkyl halides is 1. The van der Waals surface area contributed by atoms with Crippen LogP contribution < -0.4 is 0 Å². The second-order valence-corrected chi connectivity index (χ2v) is 6.81. The molecule has 0 saturated heterocycles. The lowest BCUT2D eigenvalue weighted by Crippen LogP contribution is -2.35. The molecule has 0 N–H and O–H groups in total. The molecule has 0 aromatic heterocycles. The van der Waals surface area contributed by atoms with Gasteiger partial charge in [0, 0.05) is 10.7 Å². The summed E-state index contributed by atoms with van der Waals surface area (Å²) in [5, 5.41) is 0. The normalized spacial score (nSPS) is 36.1. The van der Waals surface area contributed by atoms with E-state index in [4.69, 9.17) is 10.7 Å². The zero-order valence-electron chi connectivity index (χ0n) is 7.59. The summed E-state index contributed by atoms with van der Waals surface area (Å²) in [5.74, 6) is -0.275. The molecule has 0 aliphatic heterocycles. The van der Waals surface area contributed by atoms with Crippen molar-refractivity contribution in [1.82, 2.24) is 0 Å². The standard InChI is InChI=1S/C8H14ClFO2S/c1-7-3-2-4-8(10,5-7)6-13(9,11)12/h7H,2-6H2,1H3. The molecule has 13 heavy (non-hydrogen) atoms. The summed E-state index contributed by atoms with van der Waals surface area (Å²) >= 11 is 0. The van der Waals surface area contributed by atoms with Crippen LogP contribution in [0.4, 0.5) is 4.39 Å². The molecule has 0 amide bonds. The number of hydrogen-bond acceptors (Lipinski definition) is 2. The Kier molecular flexibility index (Phi) is 3.23. The van der Waals surface area contributed by atoms with Gasteiger partial charge >= 0.3 is 0 Å². The minimum atomic E-state index is -3.71. The molecule has 0 aromatic rings. The van der Waals surface area contributed by atoms with Gasteiger partial charge < -0.3 is 0 Å². The Morgan fingerprint density at radius 2 is 2.23 bits per heavy atom. The Balaban J connectivity index is 2.65.